The summed E-state index contributed by atoms with van der Waals surface area (Å²) >= 11 is 0. The lowest BCUT2D eigenvalue weighted by molar-refractivity contribution is -0.761. The topological polar surface area (TPSA) is 12.2 Å². The van der Waals surface area contributed by atoms with Crippen molar-refractivity contribution in [3.05, 3.63) is 150 Å². The lowest BCUT2D eigenvalue weighted by Gasteiger charge is -2.40. The molecule has 4 aromatic carbocycles. The molecule has 3 nitrogen and oxygen atoms in total. The fourth-order valence-corrected chi connectivity index (χ4v) is 9.85. The van der Waals surface area contributed by atoms with Crippen molar-refractivity contribution in [3.63, 3.8) is 0 Å². The maximum Gasteiger partial charge on any atom is 0.214 e. The molecule has 0 saturated heterocycles. The van der Waals surface area contributed by atoms with E-state index in [9.17, 15) is 0 Å². The first-order valence-electron chi connectivity index (χ1n) is 19.8. The summed E-state index contributed by atoms with van der Waals surface area (Å²) < 4.78 is 7.85. The number of hydrogen-bond acceptors (Lipinski definition) is 0. The van der Waals surface area contributed by atoms with Gasteiger partial charge in [0.2, 0.25) is 16.7 Å². The van der Waals surface area contributed by atoms with Crippen molar-refractivity contribution in [2.24, 2.45) is 5.92 Å². The Morgan fingerprint density at radius 1 is 0.736 bits per heavy atom. The Morgan fingerprint density at radius 3 is 2.30 bits per heavy atom. The zero-order chi connectivity index (χ0) is 36.4. The van der Waals surface area contributed by atoms with E-state index in [1.807, 2.05) is 0 Å². The standard InChI is InChI=1S/C50H51N3/c1-7-16-44(50(8-2)29-37-19-12-13-20-39(37)48-25-35(6)43(32-53(48)50)36-17-10-9-11-18-36)49-27-38-26-42-40-21-14-15-22-45(40)51(30-33(3)4)47(42)28-41(38)46-24-23-34(5)31-52(46)49/h9-15,17-28,31-33,44H,7-8,16,29-30H2,1-6H3/q+2. The SMILES string of the molecule is CCCC(c1cc2cc3c4ccccc4[n+](CC(C)C)c3cc2c2ccc(C)cn12)C1(CC)Cc2ccccc2-c2cc(C)c(-c3ccccc3)c[n+]21. The van der Waals surface area contributed by atoms with Gasteiger partial charge >= 0.3 is 0 Å². The van der Waals surface area contributed by atoms with Gasteiger partial charge < -0.3 is 4.40 Å². The molecule has 0 bridgehead atoms. The summed E-state index contributed by atoms with van der Waals surface area (Å²) in [6, 6.07) is 43.8. The van der Waals surface area contributed by atoms with Gasteiger partial charge in [-0.3, -0.25) is 0 Å². The number of hydrogen-bond donors (Lipinski definition) is 0. The van der Waals surface area contributed by atoms with E-state index in [1.54, 1.807) is 0 Å². The Kier molecular flexibility index (Phi) is 8.22. The lowest BCUT2D eigenvalue weighted by Crippen LogP contribution is -2.63. The average molecular weight is 694 g/mol. The first-order chi connectivity index (χ1) is 25.8. The quantitative estimate of drug-likeness (QED) is 0.111. The summed E-state index contributed by atoms with van der Waals surface area (Å²) in [6.45, 7) is 15.0. The summed E-state index contributed by atoms with van der Waals surface area (Å²) in [7, 11) is 0. The van der Waals surface area contributed by atoms with Gasteiger partial charge in [0.25, 0.3) is 0 Å². The number of fused-ring (bicyclic) bond motifs is 9. The van der Waals surface area contributed by atoms with E-state index < -0.39 is 0 Å². The maximum absolute atomic E-state index is 2.72. The van der Waals surface area contributed by atoms with E-state index in [-0.39, 0.29) is 11.5 Å². The molecule has 0 aliphatic carbocycles. The molecule has 2 unspecified atom stereocenters. The van der Waals surface area contributed by atoms with Crippen LogP contribution < -0.4 is 9.13 Å². The second-order valence-electron chi connectivity index (χ2n) is 16.1. The van der Waals surface area contributed by atoms with Gasteiger partial charge in [-0.1, -0.05) is 101 Å². The molecule has 0 spiro atoms. The first-order valence-corrected chi connectivity index (χ1v) is 19.8. The van der Waals surface area contributed by atoms with Crippen molar-refractivity contribution in [1.82, 2.24) is 4.40 Å². The van der Waals surface area contributed by atoms with Gasteiger partial charge in [-0.2, -0.15) is 9.13 Å². The Balaban J connectivity index is 1.36. The van der Waals surface area contributed by atoms with Crippen LogP contribution >= 0.6 is 0 Å². The number of pyridine rings is 3. The Bertz CT molecular complexity index is 2680. The number of rotatable bonds is 8. The molecule has 1 aliphatic rings. The second-order valence-corrected chi connectivity index (χ2v) is 16.1. The van der Waals surface area contributed by atoms with Crippen LogP contribution in [0, 0.1) is 19.8 Å². The number of benzene rings is 4. The summed E-state index contributed by atoms with van der Waals surface area (Å²) in [5.41, 5.74) is 14.5. The van der Waals surface area contributed by atoms with Gasteiger partial charge in [-0.15, -0.1) is 0 Å². The molecule has 0 N–H and O–H groups in total. The minimum absolute atomic E-state index is 0.175. The molecule has 0 saturated carbocycles. The normalized spacial score (nSPS) is 16.1. The zero-order valence-corrected chi connectivity index (χ0v) is 32.2. The molecule has 53 heavy (non-hydrogen) atoms. The van der Waals surface area contributed by atoms with Gasteiger partial charge in [0.15, 0.2) is 18.3 Å². The minimum Gasteiger partial charge on any atom is -0.319 e. The largest absolute Gasteiger partial charge is 0.319 e. The third kappa shape index (κ3) is 5.30. The van der Waals surface area contributed by atoms with Crippen molar-refractivity contribution in [2.75, 3.05) is 0 Å². The minimum atomic E-state index is -0.175. The van der Waals surface area contributed by atoms with Crippen LogP contribution in [-0.2, 0) is 18.5 Å². The fraction of sp³-hybridized carbons (Fsp3) is 0.280. The highest BCUT2D eigenvalue weighted by Crippen LogP contribution is 2.47. The van der Waals surface area contributed by atoms with E-state index in [4.69, 9.17) is 0 Å². The Hall–Kier alpha value is -5.28. The van der Waals surface area contributed by atoms with Crippen LogP contribution in [0.25, 0.3) is 60.5 Å². The van der Waals surface area contributed by atoms with Crippen LogP contribution in [-0.4, -0.2) is 4.40 Å². The highest BCUT2D eigenvalue weighted by atomic mass is 15.1. The summed E-state index contributed by atoms with van der Waals surface area (Å²) in [5, 5.41) is 5.34. The van der Waals surface area contributed by atoms with Crippen molar-refractivity contribution in [2.45, 2.75) is 85.2 Å². The van der Waals surface area contributed by atoms with Crippen molar-refractivity contribution in [3.8, 4) is 22.4 Å². The predicted octanol–water partition coefficient (Wildman–Crippen LogP) is 11.8. The number of nitrogens with zero attached hydrogens (tertiary/aromatic N) is 3. The van der Waals surface area contributed by atoms with Crippen LogP contribution in [0.2, 0.25) is 0 Å². The molecule has 5 heterocycles. The molecule has 264 valence electrons. The molecule has 8 aromatic rings. The molecular weight excluding hydrogens is 643 g/mol. The molecule has 3 heteroatoms. The molecule has 0 fully saturated rings. The van der Waals surface area contributed by atoms with Crippen LogP contribution in [0.4, 0.5) is 0 Å². The third-order valence-corrected chi connectivity index (χ3v) is 12.3. The first kappa shape index (κ1) is 33.5. The summed E-state index contributed by atoms with van der Waals surface area (Å²) in [4.78, 5) is 0. The molecule has 0 amide bonds. The number of para-hydroxylation sites is 1. The van der Waals surface area contributed by atoms with E-state index in [1.165, 1.54) is 82.9 Å². The average Bonchev–Trinajstić information content (AvgIpc) is 3.47. The molecule has 0 radical (unpaired) electrons. The smallest absolute Gasteiger partial charge is 0.214 e. The number of aryl methyl sites for hydroxylation is 2. The molecular formula is C50H51N3+2. The van der Waals surface area contributed by atoms with Crippen LogP contribution in [0.3, 0.4) is 0 Å². The van der Waals surface area contributed by atoms with E-state index in [0.717, 1.165) is 32.2 Å². The Morgan fingerprint density at radius 2 is 1.51 bits per heavy atom. The van der Waals surface area contributed by atoms with Gasteiger partial charge in [-0.05, 0) is 78.2 Å². The number of aromatic nitrogens is 3. The zero-order valence-electron chi connectivity index (χ0n) is 32.2. The maximum atomic E-state index is 2.72. The molecule has 2 atom stereocenters. The van der Waals surface area contributed by atoms with Gasteiger partial charge in [0.1, 0.15) is 0 Å². The second kappa shape index (κ2) is 13.0. The molecule has 4 aromatic heterocycles. The highest BCUT2D eigenvalue weighted by molar-refractivity contribution is 6.12. The molecule has 9 rings (SSSR count). The van der Waals surface area contributed by atoms with E-state index in [0.29, 0.717) is 5.92 Å². The highest BCUT2D eigenvalue weighted by Gasteiger charge is 2.52. The summed E-state index contributed by atoms with van der Waals surface area (Å²) in [6.07, 6.45) is 9.12. The van der Waals surface area contributed by atoms with Gasteiger partial charge in [0.05, 0.1) is 22.2 Å². The van der Waals surface area contributed by atoms with Crippen LogP contribution in [0.15, 0.2) is 128 Å². The monoisotopic (exact) mass is 693 g/mol. The third-order valence-electron chi connectivity index (χ3n) is 12.3. The van der Waals surface area contributed by atoms with Crippen molar-refractivity contribution < 1.29 is 9.13 Å². The van der Waals surface area contributed by atoms with Crippen LogP contribution in [0.1, 0.15) is 75.3 Å². The van der Waals surface area contributed by atoms with Crippen LogP contribution in [0.5, 0.6) is 0 Å². The molecule has 1 aliphatic heterocycles. The lowest BCUT2D eigenvalue weighted by atomic mass is 9.69. The van der Waals surface area contributed by atoms with E-state index >= 15 is 0 Å². The predicted molar refractivity (Wildman–Crippen MR) is 222 cm³/mol. The van der Waals surface area contributed by atoms with Gasteiger partial charge in [0, 0.05) is 65.4 Å². The Labute approximate surface area is 314 Å². The van der Waals surface area contributed by atoms with E-state index in [2.05, 4.69) is 183 Å². The summed E-state index contributed by atoms with van der Waals surface area (Å²) in [5.74, 6) is 0.811. The van der Waals surface area contributed by atoms with Crippen molar-refractivity contribution >= 4 is 38.1 Å². The van der Waals surface area contributed by atoms with Crippen molar-refractivity contribution in [1.29, 1.82) is 0 Å². The fourth-order valence-electron chi connectivity index (χ4n) is 9.85. The van der Waals surface area contributed by atoms with Gasteiger partial charge in [-0.25, -0.2) is 0 Å².